The second-order valence-corrected chi connectivity index (χ2v) is 6.69. The van der Waals surface area contributed by atoms with Crippen molar-refractivity contribution in [2.24, 2.45) is 0 Å². The molecule has 1 amide bonds. The first-order valence-electron chi connectivity index (χ1n) is 7.58. The predicted octanol–water partition coefficient (Wildman–Crippen LogP) is 4.31. The average molecular weight is 412 g/mol. The Kier molecular flexibility index (Phi) is 5.71. The van der Waals surface area contributed by atoms with Gasteiger partial charge in [0, 0.05) is 23.0 Å². The van der Waals surface area contributed by atoms with E-state index in [0.29, 0.717) is 22.3 Å². The third-order valence-electron chi connectivity index (χ3n) is 3.62. The second kappa shape index (κ2) is 7.96. The van der Waals surface area contributed by atoms with Gasteiger partial charge in [0.15, 0.2) is 0 Å². The third-order valence-corrected chi connectivity index (χ3v) is 4.36. The first-order chi connectivity index (χ1) is 11.6. The molecule has 7 heteroatoms. The molecule has 2 aromatic rings. The van der Waals surface area contributed by atoms with Crippen LogP contribution in [0.1, 0.15) is 23.2 Å². The zero-order valence-electron chi connectivity index (χ0n) is 12.8. The van der Waals surface area contributed by atoms with Crippen LogP contribution in [0.25, 0.3) is 0 Å². The van der Waals surface area contributed by atoms with Crippen molar-refractivity contribution in [2.45, 2.75) is 18.9 Å². The monoisotopic (exact) mass is 410 g/mol. The number of carbonyl (C=O) groups excluding carboxylic acids is 1. The minimum absolute atomic E-state index is 0.159. The molecule has 126 valence electrons. The fraction of sp³-hybridized carbons (Fsp3) is 0.294. The number of pyridine rings is 1. The van der Waals surface area contributed by atoms with Crippen LogP contribution in [0.4, 0.5) is 5.69 Å². The number of amides is 1. The van der Waals surface area contributed by atoms with Crippen LogP contribution in [-0.2, 0) is 4.74 Å². The first kappa shape index (κ1) is 17.2. The molecule has 3 rings (SSSR count). The summed E-state index contributed by atoms with van der Waals surface area (Å²) in [6.07, 6.45) is 3.84. The number of nitrogens with zero attached hydrogens (tertiary/aromatic N) is 1. The molecular formula is C17H16BrClN2O3. The van der Waals surface area contributed by atoms with E-state index in [4.69, 9.17) is 21.1 Å². The van der Waals surface area contributed by atoms with E-state index < -0.39 is 0 Å². The lowest BCUT2D eigenvalue weighted by molar-refractivity contribution is 0.0679. The lowest BCUT2D eigenvalue weighted by atomic mass is 10.2. The smallest absolute Gasteiger partial charge is 0.258 e. The Morgan fingerprint density at radius 2 is 2.21 bits per heavy atom. The molecule has 1 N–H and O–H groups in total. The largest absolute Gasteiger partial charge is 0.491 e. The second-order valence-electron chi connectivity index (χ2n) is 5.42. The van der Waals surface area contributed by atoms with Crippen LogP contribution >= 0.6 is 27.5 Å². The summed E-state index contributed by atoms with van der Waals surface area (Å²) in [4.78, 5) is 16.2. The molecule has 5 nitrogen and oxygen atoms in total. The fourth-order valence-corrected chi connectivity index (χ4v) is 2.90. The molecule has 1 unspecified atom stereocenters. The Bertz CT molecular complexity index is 718. The molecule has 0 aliphatic carbocycles. The Labute approximate surface area is 153 Å². The van der Waals surface area contributed by atoms with E-state index >= 15 is 0 Å². The molecule has 0 saturated carbocycles. The Morgan fingerprint density at radius 3 is 2.92 bits per heavy atom. The van der Waals surface area contributed by atoms with Crippen molar-refractivity contribution in [3.05, 3.63) is 51.7 Å². The van der Waals surface area contributed by atoms with Gasteiger partial charge in [0.25, 0.3) is 5.91 Å². The van der Waals surface area contributed by atoms with Gasteiger partial charge in [0.2, 0.25) is 0 Å². The molecule has 1 aromatic heterocycles. The van der Waals surface area contributed by atoms with Gasteiger partial charge in [-0.15, -0.1) is 0 Å². The van der Waals surface area contributed by atoms with Crippen LogP contribution in [-0.4, -0.2) is 30.2 Å². The number of benzene rings is 1. The Morgan fingerprint density at radius 1 is 1.42 bits per heavy atom. The van der Waals surface area contributed by atoms with Crippen LogP contribution < -0.4 is 10.1 Å². The van der Waals surface area contributed by atoms with E-state index in [9.17, 15) is 4.79 Å². The molecule has 1 aliphatic rings. The third kappa shape index (κ3) is 4.47. The van der Waals surface area contributed by atoms with Crippen LogP contribution in [0.3, 0.4) is 0 Å². The lowest BCUT2D eigenvalue weighted by Crippen LogP contribution is -2.16. The predicted molar refractivity (Wildman–Crippen MR) is 95.8 cm³/mol. The highest BCUT2D eigenvalue weighted by molar-refractivity contribution is 9.10. The molecule has 1 aliphatic heterocycles. The molecule has 1 aromatic carbocycles. The number of hydrogen-bond donors (Lipinski definition) is 1. The topological polar surface area (TPSA) is 60.5 Å². The van der Waals surface area contributed by atoms with Crippen molar-refractivity contribution in [3.8, 4) is 5.75 Å². The summed E-state index contributed by atoms with van der Waals surface area (Å²) in [5.41, 5.74) is 0.963. The summed E-state index contributed by atoms with van der Waals surface area (Å²) in [7, 11) is 0. The maximum absolute atomic E-state index is 12.3. The van der Waals surface area contributed by atoms with Crippen LogP contribution in [0.5, 0.6) is 5.75 Å². The molecule has 24 heavy (non-hydrogen) atoms. The highest BCUT2D eigenvalue weighted by Crippen LogP contribution is 2.21. The van der Waals surface area contributed by atoms with Crippen LogP contribution in [0, 0.1) is 0 Å². The van der Waals surface area contributed by atoms with Gasteiger partial charge in [-0.05, 0) is 59.1 Å². The first-order valence-corrected chi connectivity index (χ1v) is 8.76. The normalized spacial score (nSPS) is 16.8. The highest BCUT2D eigenvalue weighted by Gasteiger charge is 2.16. The van der Waals surface area contributed by atoms with Gasteiger partial charge in [0.1, 0.15) is 17.5 Å². The molecular weight excluding hydrogens is 396 g/mol. The van der Waals surface area contributed by atoms with E-state index in [-0.39, 0.29) is 17.2 Å². The molecule has 1 atom stereocenters. The number of rotatable bonds is 5. The average Bonchev–Trinajstić information content (AvgIpc) is 3.10. The van der Waals surface area contributed by atoms with E-state index in [2.05, 4.69) is 26.2 Å². The maximum atomic E-state index is 12.3. The van der Waals surface area contributed by atoms with Gasteiger partial charge in [-0.3, -0.25) is 4.79 Å². The standard InChI is InChI=1S/C17H16BrClN2O3/c18-11-8-15(16(19)20-9-11)17(22)21-12-3-5-13(6-4-12)24-10-14-2-1-7-23-14/h3-6,8-9,14H,1-2,7,10H2,(H,21,22). The molecule has 1 saturated heterocycles. The van der Waals surface area contributed by atoms with Crippen molar-refractivity contribution >= 4 is 39.1 Å². The number of anilines is 1. The van der Waals surface area contributed by atoms with Crippen molar-refractivity contribution < 1.29 is 14.3 Å². The van der Waals surface area contributed by atoms with E-state index in [1.54, 1.807) is 24.4 Å². The summed E-state index contributed by atoms with van der Waals surface area (Å²) in [6.45, 7) is 1.36. The minimum Gasteiger partial charge on any atom is -0.491 e. The van der Waals surface area contributed by atoms with E-state index in [0.717, 1.165) is 25.2 Å². The number of carbonyl (C=O) groups is 1. The lowest BCUT2D eigenvalue weighted by Gasteiger charge is -2.12. The fourth-order valence-electron chi connectivity index (χ4n) is 2.38. The van der Waals surface area contributed by atoms with Gasteiger partial charge in [-0.25, -0.2) is 4.98 Å². The number of ether oxygens (including phenoxy) is 2. The summed E-state index contributed by atoms with van der Waals surface area (Å²) in [5.74, 6) is 0.424. The van der Waals surface area contributed by atoms with Crippen molar-refractivity contribution in [1.82, 2.24) is 4.98 Å². The van der Waals surface area contributed by atoms with E-state index in [1.165, 1.54) is 0 Å². The van der Waals surface area contributed by atoms with Gasteiger partial charge >= 0.3 is 0 Å². The van der Waals surface area contributed by atoms with Gasteiger partial charge in [-0.2, -0.15) is 0 Å². The molecule has 0 bridgehead atoms. The quantitative estimate of drug-likeness (QED) is 0.745. The summed E-state index contributed by atoms with van der Waals surface area (Å²) in [5, 5.41) is 2.95. The highest BCUT2D eigenvalue weighted by atomic mass is 79.9. The van der Waals surface area contributed by atoms with E-state index in [1.807, 2.05) is 12.1 Å². The van der Waals surface area contributed by atoms with Gasteiger partial charge in [-0.1, -0.05) is 11.6 Å². The van der Waals surface area contributed by atoms with Gasteiger partial charge < -0.3 is 14.8 Å². The Balaban J connectivity index is 1.59. The summed E-state index contributed by atoms with van der Waals surface area (Å²) in [6, 6.07) is 8.81. The Hall–Kier alpha value is -1.63. The number of aromatic nitrogens is 1. The molecule has 2 heterocycles. The van der Waals surface area contributed by atoms with Crippen molar-refractivity contribution in [3.63, 3.8) is 0 Å². The molecule has 1 fully saturated rings. The minimum atomic E-state index is -0.318. The molecule has 0 radical (unpaired) electrons. The van der Waals surface area contributed by atoms with Gasteiger partial charge in [0.05, 0.1) is 11.7 Å². The number of hydrogen-bond acceptors (Lipinski definition) is 4. The SMILES string of the molecule is O=C(Nc1ccc(OCC2CCCO2)cc1)c1cc(Br)cnc1Cl. The molecule has 0 spiro atoms. The van der Waals surface area contributed by atoms with Crippen molar-refractivity contribution in [2.75, 3.05) is 18.5 Å². The zero-order valence-corrected chi connectivity index (χ0v) is 15.1. The van der Waals surface area contributed by atoms with Crippen LogP contribution in [0.2, 0.25) is 5.15 Å². The summed E-state index contributed by atoms with van der Waals surface area (Å²) < 4.78 is 11.9. The number of halogens is 2. The van der Waals surface area contributed by atoms with Crippen LogP contribution in [0.15, 0.2) is 41.0 Å². The maximum Gasteiger partial charge on any atom is 0.258 e. The summed E-state index contributed by atoms with van der Waals surface area (Å²) >= 11 is 9.24. The zero-order chi connectivity index (χ0) is 16.9. The van der Waals surface area contributed by atoms with Crippen molar-refractivity contribution in [1.29, 1.82) is 0 Å². The number of nitrogens with one attached hydrogen (secondary N) is 1.